The number of oxazole rings is 1. The lowest BCUT2D eigenvalue weighted by molar-refractivity contribution is 0.382. The average molecular weight is 278 g/mol. The van der Waals surface area contributed by atoms with Crippen LogP contribution >= 0.6 is 0 Å². The molecule has 5 nitrogen and oxygen atoms in total. The van der Waals surface area contributed by atoms with Gasteiger partial charge in [-0.2, -0.15) is 0 Å². The minimum absolute atomic E-state index is 0.00554. The van der Waals surface area contributed by atoms with Gasteiger partial charge in [-0.15, -0.1) is 0 Å². The van der Waals surface area contributed by atoms with Crippen molar-refractivity contribution in [2.45, 2.75) is 52.5 Å². The first-order chi connectivity index (χ1) is 9.50. The number of aliphatic imine (C=N–C) groups is 1. The van der Waals surface area contributed by atoms with E-state index in [1.807, 2.05) is 6.20 Å². The van der Waals surface area contributed by atoms with Crippen LogP contribution in [0, 0.1) is 0 Å². The first kappa shape index (κ1) is 14.9. The van der Waals surface area contributed by atoms with E-state index in [1.54, 1.807) is 0 Å². The lowest BCUT2D eigenvalue weighted by Crippen LogP contribution is -2.39. The van der Waals surface area contributed by atoms with E-state index in [1.165, 1.54) is 12.8 Å². The lowest BCUT2D eigenvalue weighted by atomic mass is 9.94. The average Bonchev–Trinajstić information content (AvgIpc) is 3.04. The molecule has 1 aliphatic rings. The molecule has 20 heavy (non-hydrogen) atoms. The van der Waals surface area contributed by atoms with Crippen molar-refractivity contribution < 1.29 is 4.42 Å². The third-order valence-corrected chi connectivity index (χ3v) is 3.40. The number of hydrogen-bond acceptors (Lipinski definition) is 3. The molecule has 1 aromatic rings. The molecule has 1 aliphatic heterocycles. The van der Waals surface area contributed by atoms with Crippen LogP contribution in [-0.2, 0) is 12.0 Å². The Kier molecular flexibility index (Phi) is 4.68. The van der Waals surface area contributed by atoms with Crippen molar-refractivity contribution in [3.8, 4) is 0 Å². The summed E-state index contributed by atoms with van der Waals surface area (Å²) in [5.74, 6) is 2.57. The Morgan fingerprint density at radius 2 is 2.10 bits per heavy atom. The van der Waals surface area contributed by atoms with Crippen LogP contribution < -0.4 is 5.32 Å². The van der Waals surface area contributed by atoms with Crippen LogP contribution in [0.2, 0.25) is 0 Å². The van der Waals surface area contributed by atoms with Gasteiger partial charge in [-0.3, -0.25) is 0 Å². The quantitative estimate of drug-likeness (QED) is 0.682. The SMILES string of the molecule is CCNC(=NCc1ncc(C(C)(C)C)o1)N1CCCC1. The number of guanidine groups is 1. The number of nitrogens with one attached hydrogen (secondary N) is 1. The molecule has 0 aliphatic carbocycles. The van der Waals surface area contributed by atoms with E-state index < -0.39 is 0 Å². The van der Waals surface area contributed by atoms with Crippen LogP contribution in [0.25, 0.3) is 0 Å². The number of nitrogens with zero attached hydrogens (tertiary/aromatic N) is 3. The fraction of sp³-hybridized carbons (Fsp3) is 0.733. The van der Waals surface area contributed by atoms with Gasteiger partial charge in [0.15, 0.2) is 5.96 Å². The highest BCUT2D eigenvalue weighted by Gasteiger charge is 2.19. The molecule has 1 saturated heterocycles. The van der Waals surface area contributed by atoms with Gasteiger partial charge in [-0.25, -0.2) is 9.98 Å². The van der Waals surface area contributed by atoms with Crippen LogP contribution in [0.1, 0.15) is 52.2 Å². The monoisotopic (exact) mass is 278 g/mol. The molecule has 0 amide bonds. The van der Waals surface area contributed by atoms with Gasteiger partial charge in [-0.1, -0.05) is 20.8 Å². The largest absolute Gasteiger partial charge is 0.443 e. The van der Waals surface area contributed by atoms with Gasteiger partial charge in [0.05, 0.1) is 6.20 Å². The van der Waals surface area contributed by atoms with E-state index in [-0.39, 0.29) is 5.41 Å². The normalized spacial score (nSPS) is 16.8. The molecule has 0 aromatic carbocycles. The van der Waals surface area contributed by atoms with Crippen molar-refractivity contribution in [2.24, 2.45) is 4.99 Å². The van der Waals surface area contributed by atoms with Crippen LogP contribution in [0.4, 0.5) is 0 Å². The molecule has 0 radical (unpaired) electrons. The highest BCUT2D eigenvalue weighted by molar-refractivity contribution is 5.80. The molecular formula is C15H26N4O. The molecule has 2 rings (SSSR count). The standard InChI is InChI=1S/C15H26N4O/c1-5-16-14(19-8-6-7-9-19)18-11-13-17-10-12(20-13)15(2,3)4/h10H,5-9,11H2,1-4H3,(H,16,18). The summed E-state index contributed by atoms with van der Waals surface area (Å²) >= 11 is 0. The summed E-state index contributed by atoms with van der Waals surface area (Å²) in [5.41, 5.74) is -0.00554. The lowest BCUT2D eigenvalue weighted by Gasteiger charge is -2.20. The fourth-order valence-electron chi connectivity index (χ4n) is 2.23. The van der Waals surface area contributed by atoms with E-state index in [2.05, 4.69) is 47.9 Å². The highest BCUT2D eigenvalue weighted by Crippen LogP contribution is 2.22. The van der Waals surface area contributed by atoms with Crippen molar-refractivity contribution in [3.63, 3.8) is 0 Å². The van der Waals surface area contributed by atoms with Gasteiger partial charge in [0.2, 0.25) is 5.89 Å². The first-order valence-corrected chi connectivity index (χ1v) is 7.49. The smallest absolute Gasteiger partial charge is 0.216 e. The van der Waals surface area contributed by atoms with E-state index in [0.29, 0.717) is 12.4 Å². The summed E-state index contributed by atoms with van der Waals surface area (Å²) in [7, 11) is 0. The Hall–Kier alpha value is -1.52. The molecule has 1 N–H and O–H groups in total. The third kappa shape index (κ3) is 3.74. The Labute approximate surface area is 121 Å². The van der Waals surface area contributed by atoms with Crippen LogP contribution in [0.15, 0.2) is 15.6 Å². The van der Waals surface area contributed by atoms with Crippen LogP contribution in [-0.4, -0.2) is 35.5 Å². The topological polar surface area (TPSA) is 53.7 Å². The van der Waals surface area contributed by atoms with Gasteiger partial charge < -0.3 is 14.6 Å². The van der Waals surface area contributed by atoms with Crippen molar-refractivity contribution >= 4 is 5.96 Å². The maximum atomic E-state index is 5.77. The summed E-state index contributed by atoms with van der Waals surface area (Å²) in [6.45, 7) is 12.0. The summed E-state index contributed by atoms with van der Waals surface area (Å²) in [6.07, 6.45) is 4.31. The maximum Gasteiger partial charge on any atom is 0.216 e. The zero-order chi connectivity index (χ0) is 14.6. The highest BCUT2D eigenvalue weighted by atomic mass is 16.4. The Bertz CT molecular complexity index is 453. The van der Waals surface area contributed by atoms with E-state index in [0.717, 1.165) is 31.4 Å². The number of hydrogen-bond donors (Lipinski definition) is 1. The zero-order valence-corrected chi connectivity index (χ0v) is 13.1. The van der Waals surface area contributed by atoms with Crippen LogP contribution in [0.3, 0.4) is 0 Å². The predicted molar refractivity (Wildman–Crippen MR) is 80.8 cm³/mol. The summed E-state index contributed by atoms with van der Waals surface area (Å²) in [6, 6.07) is 0. The minimum atomic E-state index is -0.00554. The molecule has 112 valence electrons. The second kappa shape index (κ2) is 6.29. The molecule has 1 fully saturated rings. The van der Waals surface area contributed by atoms with Gasteiger partial charge >= 0.3 is 0 Å². The molecule has 0 bridgehead atoms. The van der Waals surface area contributed by atoms with Crippen molar-refractivity contribution in [1.29, 1.82) is 0 Å². The number of rotatable bonds is 3. The summed E-state index contributed by atoms with van der Waals surface area (Å²) < 4.78 is 5.77. The second-order valence-electron chi connectivity index (χ2n) is 6.23. The molecule has 0 atom stereocenters. The molecule has 5 heteroatoms. The molecule has 1 aromatic heterocycles. The van der Waals surface area contributed by atoms with Crippen LogP contribution in [0.5, 0.6) is 0 Å². The fourth-order valence-corrected chi connectivity index (χ4v) is 2.23. The Balaban J connectivity index is 2.03. The predicted octanol–water partition coefficient (Wildman–Crippen LogP) is 2.53. The van der Waals surface area contributed by atoms with Gasteiger partial charge in [-0.05, 0) is 19.8 Å². The van der Waals surface area contributed by atoms with E-state index in [4.69, 9.17) is 4.42 Å². The molecule has 0 spiro atoms. The molecule has 2 heterocycles. The summed E-state index contributed by atoms with van der Waals surface area (Å²) in [5, 5.41) is 3.34. The zero-order valence-electron chi connectivity index (χ0n) is 13.1. The van der Waals surface area contributed by atoms with Gasteiger partial charge in [0, 0.05) is 25.0 Å². The van der Waals surface area contributed by atoms with Gasteiger partial charge in [0.25, 0.3) is 0 Å². The number of aromatic nitrogens is 1. The van der Waals surface area contributed by atoms with Gasteiger partial charge in [0.1, 0.15) is 12.3 Å². The van der Waals surface area contributed by atoms with Crippen molar-refractivity contribution in [3.05, 3.63) is 17.8 Å². The molecule has 0 unspecified atom stereocenters. The number of likely N-dealkylation sites (tertiary alicyclic amines) is 1. The van der Waals surface area contributed by atoms with Crippen molar-refractivity contribution in [1.82, 2.24) is 15.2 Å². The minimum Gasteiger partial charge on any atom is -0.443 e. The van der Waals surface area contributed by atoms with Crippen molar-refractivity contribution in [2.75, 3.05) is 19.6 Å². The second-order valence-corrected chi connectivity index (χ2v) is 6.23. The first-order valence-electron chi connectivity index (χ1n) is 7.49. The van der Waals surface area contributed by atoms with E-state index >= 15 is 0 Å². The Morgan fingerprint density at radius 1 is 1.40 bits per heavy atom. The Morgan fingerprint density at radius 3 is 2.65 bits per heavy atom. The summed E-state index contributed by atoms with van der Waals surface area (Å²) in [4.78, 5) is 11.3. The third-order valence-electron chi connectivity index (χ3n) is 3.40. The molecular weight excluding hydrogens is 252 g/mol. The molecule has 0 saturated carbocycles. The van der Waals surface area contributed by atoms with E-state index in [9.17, 15) is 0 Å². The maximum absolute atomic E-state index is 5.77.